The van der Waals surface area contributed by atoms with Crippen LogP contribution in [0.4, 0.5) is 4.39 Å². The Kier molecular flexibility index (Phi) is 7.47. The van der Waals surface area contributed by atoms with Crippen LogP contribution in [0.2, 0.25) is 0 Å². The molecule has 0 aliphatic rings. The quantitative estimate of drug-likeness (QED) is 0.751. The van der Waals surface area contributed by atoms with Crippen LogP contribution in [0.3, 0.4) is 0 Å². The van der Waals surface area contributed by atoms with Crippen molar-refractivity contribution in [2.24, 2.45) is 5.92 Å². The predicted molar refractivity (Wildman–Crippen MR) is 109 cm³/mol. The maximum atomic E-state index is 13.0. The predicted octanol–water partition coefficient (Wildman–Crippen LogP) is 2.60. The molecule has 2 aromatic carbocycles. The van der Waals surface area contributed by atoms with E-state index in [0.717, 1.165) is 5.56 Å². The summed E-state index contributed by atoms with van der Waals surface area (Å²) < 4.78 is 13.0. The molecule has 0 bridgehead atoms. The first-order valence-electron chi connectivity index (χ1n) is 9.33. The molecule has 0 spiro atoms. The van der Waals surface area contributed by atoms with Crippen molar-refractivity contribution in [2.75, 3.05) is 14.1 Å². The molecule has 2 rings (SSSR count). The van der Waals surface area contributed by atoms with Crippen molar-refractivity contribution in [2.45, 2.75) is 26.4 Å². The molecule has 0 saturated heterocycles. The molecule has 0 radical (unpaired) electrons. The molecule has 154 valence electrons. The first-order valence-corrected chi connectivity index (χ1v) is 9.33. The maximum absolute atomic E-state index is 13.0. The fourth-order valence-corrected chi connectivity index (χ4v) is 2.68. The molecule has 2 aromatic rings. The van der Waals surface area contributed by atoms with Crippen molar-refractivity contribution in [1.29, 1.82) is 0 Å². The van der Waals surface area contributed by atoms with E-state index in [1.807, 2.05) is 13.8 Å². The second-order valence-corrected chi connectivity index (χ2v) is 7.32. The number of amides is 3. The Morgan fingerprint density at radius 1 is 0.931 bits per heavy atom. The number of hydrogen-bond acceptors (Lipinski definition) is 3. The van der Waals surface area contributed by atoms with Gasteiger partial charge in [0.15, 0.2) is 0 Å². The molecule has 3 amide bonds. The van der Waals surface area contributed by atoms with Gasteiger partial charge in [-0.05, 0) is 47.9 Å². The minimum absolute atomic E-state index is 0.0936. The number of nitrogens with one attached hydrogen (secondary N) is 2. The van der Waals surface area contributed by atoms with Gasteiger partial charge in [-0.3, -0.25) is 14.4 Å². The molecule has 6 nitrogen and oxygen atoms in total. The van der Waals surface area contributed by atoms with E-state index in [2.05, 4.69) is 10.6 Å². The molecular weight excluding hydrogens is 373 g/mol. The van der Waals surface area contributed by atoms with Crippen molar-refractivity contribution in [3.8, 4) is 0 Å². The van der Waals surface area contributed by atoms with Gasteiger partial charge in [-0.2, -0.15) is 0 Å². The zero-order chi connectivity index (χ0) is 21.6. The molecule has 29 heavy (non-hydrogen) atoms. The van der Waals surface area contributed by atoms with Gasteiger partial charge < -0.3 is 15.5 Å². The summed E-state index contributed by atoms with van der Waals surface area (Å²) in [6, 6.07) is 11.4. The Morgan fingerprint density at radius 3 is 2.00 bits per heavy atom. The number of carbonyl (C=O) groups excluding carboxylic acids is 3. The number of halogens is 1. The highest BCUT2D eigenvalue weighted by Crippen LogP contribution is 2.09. The third-order valence-electron chi connectivity index (χ3n) is 4.42. The second kappa shape index (κ2) is 9.82. The van der Waals surface area contributed by atoms with Crippen molar-refractivity contribution in [3.05, 3.63) is 71.0 Å². The van der Waals surface area contributed by atoms with Gasteiger partial charge in [0.05, 0.1) is 0 Å². The molecule has 0 aliphatic heterocycles. The van der Waals surface area contributed by atoms with E-state index >= 15 is 0 Å². The molecule has 0 aromatic heterocycles. The van der Waals surface area contributed by atoms with Crippen LogP contribution in [-0.4, -0.2) is 42.8 Å². The van der Waals surface area contributed by atoms with Gasteiger partial charge in [0, 0.05) is 31.8 Å². The van der Waals surface area contributed by atoms with E-state index in [1.54, 1.807) is 38.4 Å². The van der Waals surface area contributed by atoms with Crippen LogP contribution in [0.1, 0.15) is 40.1 Å². The average molecular weight is 399 g/mol. The van der Waals surface area contributed by atoms with Crippen molar-refractivity contribution >= 4 is 17.7 Å². The van der Waals surface area contributed by atoms with Crippen LogP contribution in [0, 0.1) is 11.7 Å². The molecule has 0 saturated carbocycles. The van der Waals surface area contributed by atoms with E-state index < -0.39 is 17.8 Å². The summed E-state index contributed by atoms with van der Waals surface area (Å²) in [5.74, 6) is -1.42. The molecule has 7 heteroatoms. The van der Waals surface area contributed by atoms with Gasteiger partial charge in [0.1, 0.15) is 11.9 Å². The molecule has 0 heterocycles. The number of benzene rings is 2. The van der Waals surface area contributed by atoms with Crippen molar-refractivity contribution in [3.63, 3.8) is 0 Å². The van der Waals surface area contributed by atoms with Gasteiger partial charge in [0.25, 0.3) is 11.8 Å². The Balaban J connectivity index is 1.98. The zero-order valence-corrected chi connectivity index (χ0v) is 17.0. The molecular formula is C22H26FN3O3. The lowest BCUT2D eigenvalue weighted by Crippen LogP contribution is -2.49. The van der Waals surface area contributed by atoms with Gasteiger partial charge >= 0.3 is 0 Å². The Hall–Kier alpha value is -3.22. The number of hydrogen-bond donors (Lipinski definition) is 2. The lowest BCUT2D eigenvalue weighted by Gasteiger charge is -2.22. The van der Waals surface area contributed by atoms with Gasteiger partial charge in [-0.15, -0.1) is 0 Å². The summed E-state index contributed by atoms with van der Waals surface area (Å²) in [5.41, 5.74) is 1.68. The Bertz CT molecular complexity index is 862. The summed E-state index contributed by atoms with van der Waals surface area (Å²) in [4.78, 5) is 38.4. The van der Waals surface area contributed by atoms with Gasteiger partial charge in [-0.1, -0.05) is 26.0 Å². The smallest absolute Gasteiger partial charge is 0.253 e. The summed E-state index contributed by atoms with van der Waals surface area (Å²) in [6.07, 6.45) is 0. The standard InChI is InChI=1S/C22H26FN3O3/c1-14(2)19(25-20(27)16-9-11-18(23)12-10-16)21(28)24-13-15-5-7-17(8-6-15)22(29)26(3)4/h5-12,14,19H,13H2,1-4H3,(H,24,28)(H,25,27). The highest BCUT2D eigenvalue weighted by molar-refractivity contribution is 5.97. The minimum Gasteiger partial charge on any atom is -0.350 e. The Morgan fingerprint density at radius 2 is 1.48 bits per heavy atom. The van der Waals surface area contributed by atoms with E-state index in [4.69, 9.17) is 0 Å². The van der Waals surface area contributed by atoms with Gasteiger partial charge in [-0.25, -0.2) is 4.39 Å². The van der Waals surface area contributed by atoms with E-state index in [-0.39, 0.29) is 29.8 Å². The number of rotatable bonds is 7. The molecule has 0 fully saturated rings. The zero-order valence-electron chi connectivity index (χ0n) is 17.0. The van der Waals surface area contributed by atoms with E-state index in [9.17, 15) is 18.8 Å². The monoisotopic (exact) mass is 399 g/mol. The topological polar surface area (TPSA) is 78.5 Å². The van der Waals surface area contributed by atoms with Crippen LogP contribution in [-0.2, 0) is 11.3 Å². The summed E-state index contributed by atoms with van der Waals surface area (Å²) in [6.45, 7) is 3.93. The van der Waals surface area contributed by atoms with Crippen LogP contribution < -0.4 is 10.6 Å². The van der Waals surface area contributed by atoms with Crippen LogP contribution in [0.25, 0.3) is 0 Å². The molecule has 2 N–H and O–H groups in total. The summed E-state index contributed by atoms with van der Waals surface area (Å²) in [5, 5.41) is 5.51. The third-order valence-corrected chi connectivity index (χ3v) is 4.42. The second-order valence-electron chi connectivity index (χ2n) is 7.32. The summed E-state index contributed by atoms with van der Waals surface area (Å²) >= 11 is 0. The number of nitrogens with zero attached hydrogens (tertiary/aromatic N) is 1. The van der Waals surface area contributed by atoms with Crippen LogP contribution >= 0.6 is 0 Å². The van der Waals surface area contributed by atoms with Crippen LogP contribution in [0.5, 0.6) is 0 Å². The van der Waals surface area contributed by atoms with Crippen LogP contribution in [0.15, 0.2) is 48.5 Å². The number of carbonyl (C=O) groups is 3. The lowest BCUT2D eigenvalue weighted by atomic mass is 10.0. The molecule has 1 atom stereocenters. The minimum atomic E-state index is -0.734. The van der Waals surface area contributed by atoms with Crippen molar-refractivity contribution < 1.29 is 18.8 Å². The molecule has 1 unspecified atom stereocenters. The first kappa shape index (κ1) is 22.1. The lowest BCUT2D eigenvalue weighted by molar-refractivity contribution is -0.124. The maximum Gasteiger partial charge on any atom is 0.253 e. The van der Waals surface area contributed by atoms with Gasteiger partial charge in [0.2, 0.25) is 5.91 Å². The molecule has 0 aliphatic carbocycles. The average Bonchev–Trinajstić information content (AvgIpc) is 2.70. The summed E-state index contributed by atoms with van der Waals surface area (Å²) in [7, 11) is 3.37. The normalized spacial score (nSPS) is 11.7. The fourth-order valence-electron chi connectivity index (χ4n) is 2.68. The first-order chi connectivity index (χ1) is 13.7. The van der Waals surface area contributed by atoms with E-state index in [0.29, 0.717) is 5.56 Å². The fraction of sp³-hybridized carbons (Fsp3) is 0.318. The van der Waals surface area contributed by atoms with Crippen molar-refractivity contribution in [1.82, 2.24) is 15.5 Å². The largest absolute Gasteiger partial charge is 0.350 e. The highest BCUT2D eigenvalue weighted by Gasteiger charge is 2.24. The SMILES string of the molecule is CC(C)C(NC(=O)c1ccc(F)cc1)C(=O)NCc1ccc(C(=O)N(C)C)cc1. The third kappa shape index (κ3) is 6.14. The highest BCUT2D eigenvalue weighted by atomic mass is 19.1. The Labute approximate surface area is 170 Å². The van der Waals surface area contributed by atoms with E-state index in [1.165, 1.54) is 29.2 Å².